The third-order valence-corrected chi connectivity index (χ3v) is 3.56. The molecule has 2 heterocycles. The molecule has 1 amide bonds. The molecule has 1 aliphatic heterocycles. The number of nitrogens with zero attached hydrogens (tertiary/aromatic N) is 2. The van der Waals surface area contributed by atoms with Crippen LogP contribution in [0.1, 0.15) is 25.0 Å². The van der Waals surface area contributed by atoms with E-state index in [4.69, 9.17) is 0 Å². The molecule has 2 aromatic rings. The summed E-state index contributed by atoms with van der Waals surface area (Å²) < 4.78 is 0. The van der Waals surface area contributed by atoms with Gasteiger partial charge in [0.2, 0.25) is 5.91 Å². The molecule has 5 heteroatoms. The quantitative estimate of drug-likeness (QED) is 0.884. The number of fused-ring (bicyclic) bond motifs is 1. The van der Waals surface area contributed by atoms with E-state index in [-0.39, 0.29) is 11.9 Å². The molecule has 0 radical (unpaired) electrons. The summed E-state index contributed by atoms with van der Waals surface area (Å²) in [5.41, 5.74) is 2.64. The summed E-state index contributed by atoms with van der Waals surface area (Å²) >= 11 is 0. The van der Waals surface area contributed by atoms with Crippen LogP contribution < -0.4 is 10.6 Å². The van der Waals surface area contributed by atoms with Crippen molar-refractivity contribution in [2.45, 2.75) is 31.8 Å². The van der Waals surface area contributed by atoms with Crippen LogP contribution in [-0.4, -0.2) is 28.5 Å². The summed E-state index contributed by atoms with van der Waals surface area (Å²) in [5, 5.41) is 6.20. The maximum atomic E-state index is 11.8. The van der Waals surface area contributed by atoms with E-state index in [1.807, 2.05) is 24.3 Å². The largest absolute Gasteiger partial charge is 0.355 e. The van der Waals surface area contributed by atoms with E-state index in [1.54, 1.807) is 6.20 Å². The lowest BCUT2D eigenvalue weighted by atomic mass is 10.1. The average molecular weight is 270 g/mol. The average Bonchev–Trinajstić information content (AvgIpc) is 2.69. The van der Waals surface area contributed by atoms with Crippen LogP contribution in [0.5, 0.6) is 0 Å². The number of aromatic nitrogens is 2. The summed E-state index contributed by atoms with van der Waals surface area (Å²) in [4.78, 5) is 20.8. The molecule has 0 spiro atoms. The zero-order valence-corrected chi connectivity index (χ0v) is 11.3. The predicted octanol–water partition coefficient (Wildman–Crippen LogP) is 1.39. The molecular weight excluding hydrogens is 252 g/mol. The fourth-order valence-corrected chi connectivity index (χ4v) is 2.44. The van der Waals surface area contributed by atoms with E-state index in [2.05, 4.69) is 20.6 Å². The molecule has 1 atom stereocenters. The highest BCUT2D eigenvalue weighted by Crippen LogP contribution is 2.09. The van der Waals surface area contributed by atoms with Crippen LogP contribution in [0.15, 0.2) is 30.5 Å². The fraction of sp³-hybridized carbons (Fsp3) is 0.400. The molecule has 20 heavy (non-hydrogen) atoms. The predicted molar refractivity (Wildman–Crippen MR) is 77.0 cm³/mol. The van der Waals surface area contributed by atoms with Crippen molar-refractivity contribution < 1.29 is 4.79 Å². The standard InChI is InChI=1S/C15H18N4O/c20-15-14(7-3-4-8-16-15)18-10-11-9-17-12-5-1-2-6-13(12)19-11/h1-2,5-6,9,14,18H,3-4,7-8,10H2,(H,16,20). The minimum Gasteiger partial charge on any atom is -0.355 e. The second-order valence-electron chi connectivity index (χ2n) is 5.07. The molecule has 0 saturated carbocycles. The highest BCUT2D eigenvalue weighted by molar-refractivity contribution is 5.81. The number of hydrogen-bond acceptors (Lipinski definition) is 4. The van der Waals surface area contributed by atoms with Crippen molar-refractivity contribution in [1.29, 1.82) is 0 Å². The molecule has 104 valence electrons. The van der Waals surface area contributed by atoms with E-state index in [9.17, 15) is 4.79 Å². The van der Waals surface area contributed by atoms with Gasteiger partial charge >= 0.3 is 0 Å². The third kappa shape index (κ3) is 2.93. The molecule has 0 aliphatic carbocycles. The molecule has 0 bridgehead atoms. The number of para-hydroxylation sites is 2. The number of nitrogens with one attached hydrogen (secondary N) is 2. The molecular formula is C15H18N4O. The van der Waals surface area contributed by atoms with Crippen molar-refractivity contribution in [3.05, 3.63) is 36.2 Å². The first kappa shape index (κ1) is 13.0. The van der Waals surface area contributed by atoms with Gasteiger partial charge in [0.1, 0.15) is 0 Å². The molecule has 1 saturated heterocycles. The summed E-state index contributed by atoms with van der Waals surface area (Å²) in [7, 11) is 0. The van der Waals surface area contributed by atoms with Gasteiger partial charge in [-0.25, -0.2) is 4.98 Å². The molecule has 1 aromatic heterocycles. The molecule has 1 aromatic carbocycles. The lowest BCUT2D eigenvalue weighted by Crippen LogP contribution is -2.42. The van der Waals surface area contributed by atoms with Crippen molar-refractivity contribution in [2.24, 2.45) is 0 Å². The van der Waals surface area contributed by atoms with E-state index in [0.717, 1.165) is 42.5 Å². The van der Waals surface area contributed by atoms with Gasteiger partial charge in [-0.05, 0) is 31.4 Å². The number of carbonyl (C=O) groups is 1. The lowest BCUT2D eigenvalue weighted by Gasteiger charge is -2.14. The van der Waals surface area contributed by atoms with Crippen LogP contribution in [0.3, 0.4) is 0 Å². The van der Waals surface area contributed by atoms with Crippen LogP contribution in [0.4, 0.5) is 0 Å². The lowest BCUT2D eigenvalue weighted by molar-refractivity contribution is -0.122. The Morgan fingerprint density at radius 2 is 2.10 bits per heavy atom. The molecule has 2 N–H and O–H groups in total. The maximum absolute atomic E-state index is 11.8. The van der Waals surface area contributed by atoms with Gasteiger partial charge < -0.3 is 10.6 Å². The topological polar surface area (TPSA) is 66.9 Å². The summed E-state index contributed by atoms with van der Waals surface area (Å²) in [6, 6.07) is 7.67. The van der Waals surface area contributed by atoms with Crippen LogP contribution in [0, 0.1) is 0 Å². The minimum atomic E-state index is -0.120. The Hall–Kier alpha value is -2.01. The summed E-state index contributed by atoms with van der Waals surface area (Å²) in [5.74, 6) is 0.0937. The fourth-order valence-electron chi connectivity index (χ4n) is 2.44. The highest BCUT2D eigenvalue weighted by Gasteiger charge is 2.19. The Labute approximate surface area is 117 Å². The Morgan fingerprint density at radius 1 is 1.25 bits per heavy atom. The van der Waals surface area contributed by atoms with Gasteiger partial charge in [0, 0.05) is 13.1 Å². The van der Waals surface area contributed by atoms with Gasteiger partial charge in [-0.1, -0.05) is 12.1 Å². The van der Waals surface area contributed by atoms with Crippen LogP contribution >= 0.6 is 0 Å². The number of carbonyl (C=O) groups excluding carboxylic acids is 1. The van der Waals surface area contributed by atoms with Gasteiger partial charge in [-0.15, -0.1) is 0 Å². The van der Waals surface area contributed by atoms with Gasteiger partial charge in [0.05, 0.1) is 29.0 Å². The second-order valence-corrected chi connectivity index (χ2v) is 5.07. The molecule has 1 unspecified atom stereocenters. The first-order valence-corrected chi connectivity index (χ1v) is 7.05. The normalized spacial score (nSPS) is 19.6. The van der Waals surface area contributed by atoms with Crippen molar-refractivity contribution >= 4 is 16.9 Å². The first-order valence-electron chi connectivity index (χ1n) is 7.05. The van der Waals surface area contributed by atoms with Crippen molar-refractivity contribution in [1.82, 2.24) is 20.6 Å². The molecule has 1 fully saturated rings. The van der Waals surface area contributed by atoms with Crippen molar-refractivity contribution in [3.8, 4) is 0 Å². The Bertz CT molecular complexity index is 614. The van der Waals surface area contributed by atoms with Crippen LogP contribution in [0.25, 0.3) is 11.0 Å². The number of amides is 1. The van der Waals surface area contributed by atoms with Gasteiger partial charge in [0.25, 0.3) is 0 Å². The summed E-state index contributed by atoms with van der Waals surface area (Å²) in [6.07, 6.45) is 4.77. The van der Waals surface area contributed by atoms with Gasteiger partial charge in [-0.3, -0.25) is 9.78 Å². The Morgan fingerprint density at radius 3 is 3.00 bits per heavy atom. The van der Waals surface area contributed by atoms with Gasteiger partial charge in [-0.2, -0.15) is 0 Å². The maximum Gasteiger partial charge on any atom is 0.237 e. The zero-order chi connectivity index (χ0) is 13.8. The van der Waals surface area contributed by atoms with E-state index in [1.165, 1.54) is 0 Å². The second kappa shape index (κ2) is 5.96. The molecule has 1 aliphatic rings. The smallest absolute Gasteiger partial charge is 0.237 e. The third-order valence-electron chi connectivity index (χ3n) is 3.56. The monoisotopic (exact) mass is 270 g/mol. The Balaban J connectivity index is 1.68. The van der Waals surface area contributed by atoms with Crippen LogP contribution in [-0.2, 0) is 11.3 Å². The van der Waals surface area contributed by atoms with Gasteiger partial charge in [0.15, 0.2) is 0 Å². The SMILES string of the molecule is O=C1NCCCCC1NCc1cnc2ccccc2n1. The zero-order valence-electron chi connectivity index (χ0n) is 11.3. The highest BCUT2D eigenvalue weighted by atomic mass is 16.2. The van der Waals surface area contributed by atoms with E-state index < -0.39 is 0 Å². The number of rotatable bonds is 3. The minimum absolute atomic E-state index is 0.0937. The first-order chi connectivity index (χ1) is 9.83. The molecule has 3 rings (SSSR count). The Kier molecular flexibility index (Phi) is 3.87. The number of benzene rings is 1. The van der Waals surface area contributed by atoms with E-state index >= 15 is 0 Å². The summed E-state index contributed by atoms with van der Waals surface area (Å²) in [6.45, 7) is 1.35. The van der Waals surface area contributed by atoms with E-state index in [0.29, 0.717) is 6.54 Å². The van der Waals surface area contributed by atoms with Crippen LogP contribution in [0.2, 0.25) is 0 Å². The molecule has 5 nitrogen and oxygen atoms in total. The number of hydrogen-bond donors (Lipinski definition) is 2. The van der Waals surface area contributed by atoms with Crippen molar-refractivity contribution in [3.63, 3.8) is 0 Å². The van der Waals surface area contributed by atoms with Crippen molar-refractivity contribution in [2.75, 3.05) is 6.54 Å².